The predicted octanol–water partition coefficient (Wildman–Crippen LogP) is 5.02. The first-order chi connectivity index (χ1) is 28.9. The summed E-state index contributed by atoms with van der Waals surface area (Å²) in [6, 6.07) is 6.40. The number of hydrogen-bond donors (Lipinski definition) is 1. The Morgan fingerprint density at radius 2 is 1.41 bits per heavy atom. The molecule has 0 saturated carbocycles. The highest BCUT2D eigenvalue weighted by Gasteiger charge is 2.20. The van der Waals surface area contributed by atoms with Crippen LogP contribution in [0.25, 0.3) is 11.0 Å². The number of ether oxygens (including phenoxy) is 8. The van der Waals surface area contributed by atoms with Crippen LogP contribution in [-0.4, -0.2) is 147 Å². The Bertz CT molecular complexity index is 1720. The van der Waals surface area contributed by atoms with E-state index >= 15 is 0 Å². The number of hydrogen-bond acceptors (Lipinski definition) is 15. The molecule has 0 aliphatic rings. The molecule has 0 radical (unpaired) electrons. The number of nitrogens with one attached hydrogen (secondary N) is 1. The molecule has 4 aromatic rings. The lowest BCUT2D eigenvalue weighted by atomic mass is 10.1. The molecule has 4 rings (SSSR count). The van der Waals surface area contributed by atoms with Gasteiger partial charge in [-0.2, -0.15) is 15.1 Å². The average Bonchev–Trinajstić information content (AvgIpc) is 3.90. The molecule has 0 amide bonds. The number of Topliss-reactive ketones (excluding diaryl/α,β-unsaturated/α-hetero) is 1. The van der Waals surface area contributed by atoms with Crippen molar-refractivity contribution in [2.45, 2.75) is 58.7 Å². The van der Waals surface area contributed by atoms with Gasteiger partial charge in [0.25, 0.3) is 6.43 Å². The molecule has 20 heteroatoms. The van der Waals surface area contributed by atoms with Gasteiger partial charge < -0.3 is 42.8 Å². The second-order valence-electron chi connectivity index (χ2n) is 13.1. The number of benzene rings is 1. The summed E-state index contributed by atoms with van der Waals surface area (Å²) in [4.78, 5) is 21.9. The van der Waals surface area contributed by atoms with Crippen LogP contribution in [0, 0.1) is 0 Å². The minimum atomic E-state index is -2.62. The third-order valence-electron chi connectivity index (χ3n) is 8.59. The number of anilines is 1. The zero-order chi connectivity index (χ0) is 41.8. The Kier molecular flexibility index (Phi) is 23.9. The molecule has 1 N–H and O–H groups in total. The summed E-state index contributed by atoms with van der Waals surface area (Å²) in [5.74, 6) is 0.717. The van der Waals surface area contributed by atoms with Crippen LogP contribution < -0.4 is 4.90 Å². The van der Waals surface area contributed by atoms with E-state index in [0.29, 0.717) is 153 Å². The third kappa shape index (κ3) is 19.4. The van der Waals surface area contributed by atoms with Gasteiger partial charge in [0.1, 0.15) is 17.3 Å². The number of fused-ring (bicyclic) bond motifs is 1. The van der Waals surface area contributed by atoms with Gasteiger partial charge in [0.05, 0.1) is 130 Å². The minimum Gasteiger partial charge on any atom is -0.379 e. The lowest BCUT2D eigenvalue weighted by molar-refractivity contribution is -0.120. The van der Waals surface area contributed by atoms with Crippen molar-refractivity contribution in [3.63, 3.8) is 0 Å². The van der Waals surface area contributed by atoms with Crippen molar-refractivity contribution in [1.82, 2.24) is 35.2 Å². The molecule has 0 saturated heterocycles. The first-order valence-electron chi connectivity index (χ1n) is 19.9. The van der Waals surface area contributed by atoms with E-state index in [2.05, 4.69) is 37.4 Å². The Balaban J connectivity index is 0.946. The van der Waals surface area contributed by atoms with Crippen LogP contribution in [0.1, 0.15) is 55.9 Å². The highest BCUT2D eigenvalue weighted by molar-refractivity contribution is 6.28. The van der Waals surface area contributed by atoms with Gasteiger partial charge in [-0.15, -0.1) is 5.10 Å². The molecule has 0 unspecified atom stereocenters. The number of rotatable bonds is 36. The number of aromatic amines is 1. The Hall–Kier alpha value is -3.79. The zero-order valence-corrected chi connectivity index (χ0v) is 34.5. The van der Waals surface area contributed by atoms with Crippen molar-refractivity contribution in [3.8, 4) is 0 Å². The van der Waals surface area contributed by atoms with Gasteiger partial charge in [-0.3, -0.25) is 9.89 Å². The van der Waals surface area contributed by atoms with E-state index in [0.717, 1.165) is 12.8 Å². The van der Waals surface area contributed by atoms with Crippen molar-refractivity contribution in [1.29, 1.82) is 0 Å². The van der Waals surface area contributed by atoms with Crippen LogP contribution in [0.2, 0.25) is 5.28 Å². The van der Waals surface area contributed by atoms with Crippen LogP contribution in [0.5, 0.6) is 0 Å². The van der Waals surface area contributed by atoms with Gasteiger partial charge in [0.2, 0.25) is 5.28 Å². The molecule has 0 spiro atoms. The van der Waals surface area contributed by atoms with E-state index in [-0.39, 0.29) is 29.8 Å². The van der Waals surface area contributed by atoms with Gasteiger partial charge in [-0.05, 0) is 23.6 Å². The zero-order valence-electron chi connectivity index (χ0n) is 33.7. The molecule has 0 fully saturated rings. The minimum absolute atomic E-state index is 0.00985. The Morgan fingerprint density at radius 3 is 2.07 bits per heavy atom. The largest absolute Gasteiger partial charge is 0.379 e. The van der Waals surface area contributed by atoms with Crippen LogP contribution in [0.4, 0.5) is 14.6 Å². The number of carbonyl (C=O) groups is 1. The topological polar surface area (TPSA) is 179 Å². The number of alkyl halides is 2. The number of halogens is 3. The fraction of sp³-hybridized carbons (Fsp3) is 0.641. The molecular formula is C39H57ClF2N8O9. The quantitative estimate of drug-likeness (QED) is 0.0476. The molecule has 59 heavy (non-hydrogen) atoms. The summed E-state index contributed by atoms with van der Waals surface area (Å²) >= 11 is 6.17. The van der Waals surface area contributed by atoms with Crippen molar-refractivity contribution in [3.05, 3.63) is 58.8 Å². The molecule has 1 aromatic carbocycles. The molecule has 17 nitrogen and oxygen atoms in total. The predicted molar refractivity (Wildman–Crippen MR) is 214 cm³/mol. The molecule has 0 bridgehead atoms. The number of carbonyl (C=O) groups excluding carboxylic acids is 1. The molecule has 0 aliphatic carbocycles. The lowest BCUT2D eigenvalue weighted by Gasteiger charge is -2.25. The standard InChI is InChI=1S/C39H57ClF2N8O9/c1-2-3-7-33(51)9-12-52-15-18-55-21-22-57-20-17-54-14-11-50-29-32(46-48-50)30-59-26-25-58-24-23-56-19-16-53-13-10-49(28-31-6-4-5-8-34(31)36(41)42)38-35-27-43-47-37(35)44-39(40)45-38/h4-6,8,27,29,36H,2-3,7,9-26,28,30H2,1H3,(H,43,44,45,47). The van der Waals surface area contributed by atoms with Crippen LogP contribution in [-0.2, 0) is 62.4 Å². The number of H-pyrrole nitrogens is 1. The van der Waals surface area contributed by atoms with E-state index in [1.165, 1.54) is 6.07 Å². The van der Waals surface area contributed by atoms with Crippen molar-refractivity contribution in [2.24, 2.45) is 0 Å². The summed E-state index contributed by atoms with van der Waals surface area (Å²) in [7, 11) is 0. The van der Waals surface area contributed by atoms with Gasteiger partial charge >= 0.3 is 0 Å². The first-order valence-corrected chi connectivity index (χ1v) is 20.3. The molecule has 0 aliphatic heterocycles. The van der Waals surface area contributed by atoms with E-state index in [1.807, 2.05) is 11.1 Å². The first kappa shape index (κ1) is 47.9. The Morgan fingerprint density at radius 1 is 0.797 bits per heavy atom. The highest BCUT2D eigenvalue weighted by Crippen LogP contribution is 2.28. The lowest BCUT2D eigenvalue weighted by Crippen LogP contribution is -2.29. The maximum atomic E-state index is 13.7. The maximum absolute atomic E-state index is 13.7. The van der Waals surface area contributed by atoms with Crippen molar-refractivity contribution >= 4 is 34.2 Å². The third-order valence-corrected chi connectivity index (χ3v) is 8.76. The van der Waals surface area contributed by atoms with Crippen LogP contribution in [0.15, 0.2) is 36.7 Å². The monoisotopic (exact) mass is 854 g/mol. The Labute approximate surface area is 348 Å². The van der Waals surface area contributed by atoms with Crippen molar-refractivity contribution in [2.75, 3.05) is 111 Å². The van der Waals surface area contributed by atoms with E-state index < -0.39 is 6.43 Å². The van der Waals surface area contributed by atoms with E-state index in [4.69, 9.17) is 49.5 Å². The molecule has 3 aromatic heterocycles. The average molecular weight is 855 g/mol. The van der Waals surface area contributed by atoms with Gasteiger partial charge in [-0.1, -0.05) is 42.8 Å². The van der Waals surface area contributed by atoms with Crippen LogP contribution >= 0.6 is 11.6 Å². The number of ketones is 1. The van der Waals surface area contributed by atoms with Gasteiger partial charge in [-0.25, -0.2) is 13.5 Å². The van der Waals surface area contributed by atoms with Crippen LogP contribution in [0.3, 0.4) is 0 Å². The van der Waals surface area contributed by atoms with E-state index in [9.17, 15) is 13.6 Å². The number of nitrogens with zero attached hydrogens (tertiary/aromatic N) is 7. The summed E-state index contributed by atoms with van der Waals surface area (Å²) < 4.78 is 73.8. The normalized spacial score (nSPS) is 11.7. The van der Waals surface area contributed by atoms with Gasteiger partial charge in [0.15, 0.2) is 5.65 Å². The SMILES string of the molecule is CCCCC(=O)CCOCCOCCOCCOCCn1cc(COCCOCCOCCOCCN(Cc2ccccc2C(F)F)c2nc(Cl)nc3[nH]ncc23)nn1. The fourth-order valence-electron chi connectivity index (χ4n) is 5.52. The number of aromatic nitrogens is 7. The maximum Gasteiger partial charge on any atom is 0.264 e. The highest BCUT2D eigenvalue weighted by atomic mass is 35.5. The fourth-order valence-corrected chi connectivity index (χ4v) is 5.69. The molecular weight excluding hydrogens is 798 g/mol. The molecule has 3 heterocycles. The van der Waals surface area contributed by atoms with Crippen molar-refractivity contribution < 1.29 is 51.5 Å². The van der Waals surface area contributed by atoms with E-state index in [1.54, 1.807) is 29.1 Å². The summed E-state index contributed by atoms with van der Waals surface area (Å²) in [5, 5.41) is 15.7. The summed E-state index contributed by atoms with van der Waals surface area (Å²) in [6.07, 6.45) is 3.84. The second-order valence-corrected chi connectivity index (χ2v) is 13.4. The number of unbranched alkanes of at least 4 members (excludes halogenated alkanes) is 1. The second kappa shape index (κ2) is 29.4. The molecule has 0 atom stereocenters. The summed E-state index contributed by atoms with van der Waals surface area (Å²) in [6.45, 7) is 9.68. The molecule has 328 valence electrons. The smallest absolute Gasteiger partial charge is 0.264 e. The van der Waals surface area contributed by atoms with Gasteiger partial charge in [0, 0.05) is 31.5 Å². The summed E-state index contributed by atoms with van der Waals surface area (Å²) in [5.41, 5.74) is 1.57.